The molecule has 1 saturated carbocycles. The first-order valence-corrected chi connectivity index (χ1v) is 9.78. The number of benzene rings is 1. The standard InChI is InChI=1S/C21H34N4O2/c1-16(2)27-18-10-8-17(9-11-18)14-23-20(22-3)24-15-21(12-6-7-13-21)19(26)25(4)5/h8-11,16H,6-7,12-15H2,1-5H3,(H2,22,23,24). The van der Waals surface area contributed by atoms with E-state index in [-0.39, 0.29) is 17.4 Å². The van der Waals surface area contributed by atoms with Gasteiger partial charge in [-0.2, -0.15) is 0 Å². The van der Waals surface area contributed by atoms with Gasteiger partial charge < -0.3 is 20.3 Å². The Morgan fingerprint density at radius 1 is 1.19 bits per heavy atom. The zero-order chi connectivity index (χ0) is 19.9. The number of nitrogens with one attached hydrogen (secondary N) is 2. The lowest BCUT2D eigenvalue weighted by atomic mass is 9.84. The lowest BCUT2D eigenvalue weighted by molar-refractivity contribution is -0.138. The van der Waals surface area contributed by atoms with Crippen LogP contribution in [0.25, 0.3) is 0 Å². The normalized spacial score (nSPS) is 16.3. The van der Waals surface area contributed by atoms with Crippen LogP contribution in [0.15, 0.2) is 29.3 Å². The average molecular weight is 375 g/mol. The molecule has 27 heavy (non-hydrogen) atoms. The third-order valence-corrected chi connectivity index (χ3v) is 4.99. The number of ether oxygens (including phenoxy) is 1. The molecular formula is C21H34N4O2. The van der Waals surface area contributed by atoms with E-state index < -0.39 is 0 Å². The van der Waals surface area contributed by atoms with E-state index in [0.717, 1.165) is 43.0 Å². The minimum atomic E-state index is -0.309. The first-order valence-electron chi connectivity index (χ1n) is 9.78. The van der Waals surface area contributed by atoms with Gasteiger partial charge in [-0.1, -0.05) is 25.0 Å². The molecule has 0 bridgehead atoms. The van der Waals surface area contributed by atoms with E-state index >= 15 is 0 Å². The summed E-state index contributed by atoms with van der Waals surface area (Å²) in [4.78, 5) is 18.7. The second-order valence-electron chi connectivity index (χ2n) is 7.78. The molecule has 2 rings (SSSR count). The van der Waals surface area contributed by atoms with Crippen LogP contribution in [0.3, 0.4) is 0 Å². The number of guanidine groups is 1. The van der Waals surface area contributed by atoms with Crippen LogP contribution >= 0.6 is 0 Å². The van der Waals surface area contributed by atoms with Gasteiger partial charge in [0.15, 0.2) is 5.96 Å². The largest absolute Gasteiger partial charge is 0.491 e. The van der Waals surface area contributed by atoms with Crippen LogP contribution in [0.4, 0.5) is 0 Å². The van der Waals surface area contributed by atoms with Crippen LogP contribution < -0.4 is 15.4 Å². The Kier molecular flexibility index (Phi) is 7.51. The van der Waals surface area contributed by atoms with Gasteiger partial charge in [-0.3, -0.25) is 9.79 Å². The summed E-state index contributed by atoms with van der Waals surface area (Å²) in [5, 5.41) is 6.69. The summed E-state index contributed by atoms with van der Waals surface area (Å²) in [5.41, 5.74) is 0.839. The molecule has 150 valence electrons. The molecule has 1 fully saturated rings. The quantitative estimate of drug-likeness (QED) is 0.569. The molecule has 0 aromatic heterocycles. The van der Waals surface area contributed by atoms with Gasteiger partial charge in [0.1, 0.15) is 5.75 Å². The highest BCUT2D eigenvalue weighted by atomic mass is 16.5. The molecule has 0 atom stereocenters. The number of nitrogens with zero attached hydrogens (tertiary/aromatic N) is 2. The monoisotopic (exact) mass is 374 g/mol. The van der Waals surface area contributed by atoms with E-state index in [1.54, 1.807) is 11.9 Å². The number of hydrogen-bond acceptors (Lipinski definition) is 3. The number of carbonyl (C=O) groups excluding carboxylic acids is 1. The van der Waals surface area contributed by atoms with Crippen LogP contribution in [0.5, 0.6) is 5.75 Å². The molecule has 1 aromatic rings. The summed E-state index contributed by atoms with van der Waals surface area (Å²) in [6.07, 6.45) is 4.26. The van der Waals surface area contributed by atoms with Crippen molar-refractivity contribution in [2.24, 2.45) is 10.4 Å². The predicted octanol–water partition coefficient (Wildman–Crippen LogP) is 2.79. The van der Waals surface area contributed by atoms with Crippen molar-refractivity contribution in [3.8, 4) is 5.75 Å². The van der Waals surface area contributed by atoms with Gasteiger partial charge in [-0.15, -0.1) is 0 Å². The van der Waals surface area contributed by atoms with Crippen molar-refractivity contribution in [1.82, 2.24) is 15.5 Å². The summed E-state index contributed by atoms with van der Waals surface area (Å²) in [6, 6.07) is 8.06. The van der Waals surface area contributed by atoms with Gasteiger partial charge in [-0.25, -0.2) is 0 Å². The lowest BCUT2D eigenvalue weighted by Crippen LogP contribution is -2.49. The number of carbonyl (C=O) groups is 1. The number of amides is 1. The van der Waals surface area contributed by atoms with Crippen LogP contribution in [0, 0.1) is 5.41 Å². The molecule has 1 aliphatic rings. The summed E-state index contributed by atoms with van der Waals surface area (Å²) >= 11 is 0. The second-order valence-corrected chi connectivity index (χ2v) is 7.78. The maximum absolute atomic E-state index is 12.7. The van der Waals surface area contributed by atoms with E-state index in [1.807, 2.05) is 52.2 Å². The van der Waals surface area contributed by atoms with Gasteiger partial charge in [-0.05, 0) is 44.4 Å². The number of aliphatic imine (C=N–C) groups is 1. The summed E-state index contributed by atoms with van der Waals surface area (Å²) in [6.45, 7) is 5.31. The van der Waals surface area contributed by atoms with Crippen molar-refractivity contribution < 1.29 is 9.53 Å². The average Bonchev–Trinajstić information content (AvgIpc) is 3.12. The molecule has 6 heteroatoms. The first-order chi connectivity index (χ1) is 12.9. The van der Waals surface area contributed by atoms with Gasteiger partial charge >= 0.3 is 0 Å². The van der Waals surface area contributed by atoms with Crippen molar-refractivity contribution in [3.05, 3.63) is 29.8 Å². The number of rotatable bonds is 7. The third-order valence-electron chi connectivity index (χ3n) is 4.99. The highest BCUT2D eigenvalue weighted by molar-refractivity contribution is 5.85. The van der Waals surface area contributed by atoms with Crippen LogP contribution in [0.2, 0.25) is 0 Å². The summed E-state index contributed by atoms with van der Waals surface area (Å²) in [7, 11) is 5.42. The third kappa shape index (κ3) is 5.88. The molecule has 0 saturated heterocycles. The van der Waals surface area contributed by atoms with Crippen molar-refractivity contribution in [1.29, 1.82) is 0 Å². The highest BCUT2D eigenvalue weighted by Crippen LogP contribution is 2.38. The van der Waals surface area contributed by atoms with E-state index in [1.165, 1.54) is 0 Å². The van der Waals surface area contributed by atoms with Gasteiger partial charge in [0, 0.05) is 34.2 Å². The molecule has 0 heterocycles. The zero-order valence-corrected chi connectivity index (χ0v) is 17.3. The number of hydrogen-bond donors (Lipinski definition) is 2. The minimum absolute atomic E-state index is 0.171. The zero-order valence-electron chi connectivity index (χ0n) is 17.3. The molecule has 0 aliphatic heterocycles. The first kappa shape index (κ1) is 21.1. The fraction of sp³-hybridized carbons (Fsp3) is 0.619. The van der Waals surface area contributed by atoms with Crippen LogP contribution in [-0.4, -0.2) is 50.6 Å². The topological polar surface area (TPSA) is 66.0 Å². The van der Waals surface area contributed by atoms with Crippen molar-refractivity contribution in [3.63, 3.8) is 0 Å². The molecule has 1 aromatic carbocycles. The van der Waals surface area contributed by atoms with Gasteiger partial charge in [0.2, 0.25) is 5.91 Å². The molecule has 0 radical (unpaired) electrons. The molecule has 2 N–H and O–H groups in total. The molecular weight excluding hydrogens is 340 g/mol. The van der Waals surface area contributed by atoms with E-state index in [4.69, 9.17) is 4.74 Å². The Bertz CT molecular complexity index is 632. The predicted molar refractivity (Wildman–Crippen MR) is 110 cm³/mol. The molecule has 6 nitrogen and oxygen atoms in total. The SMILES string of the molecule is CN=C(NCc1ccc(OC(C)C)cc1)NCC1(C(=O)N(C)C)CCCC1. The Morgan fingerprint density at radius 2 is 1.81 bits per heavy atom. The van der Waals surface area contributed by atoms with E-state index in [2.05, 4.69) is 15.6 Å². The molecule has 0 unspecified atom stereocenters. The van der Waals surface area contributed by atoms with Crippen molar-refractivity contribution in [2.45, 2.75) is 52.2 Å². The van der Waals surface area contributed by atoms with E-state index in [0.29, 0.717) is 13.1 Å². The molecule has 1 aliphatic carbocycles. The van der Waals surface area contributed by atoms with Crippen LogP contribution in [0.1, 0.15) is 45.1 Å². The maximum Gasteiger partial charge on any atom is 0.230 e. The van der Waals surface area contributed by atoms with Gasteiger partial charge in [0.05, 0.1) is 11.5 Å². The van der Waals surface area contributed by atoms with Crippen molar-refractivity contribution in [2.75, 3.05) is 27.7 Å². The van der Waals surface area contributed by atoms with Crippen LogP contribution in [-0.2, 0) is 11.3 Å². The van der Waals surface area contributed by atoms with E-state index in [9.17, 15) is 4.79 Å². The fourth-order valence-corrected chi connectivity index (χ4v) is 3.61. The molecule has 1 amide bonds. The highest BCUT2D eigenvalue weighted by Gasteiger charge is 2.42. The Labute approximate surface area is 163 Å². The van der Waals surface area contributed by atoms with Crippen molar-refractivity contribution >= 4 is 11.9 Å². The Hall–Kier alpha value is -2.24. The fourth-order valence-electron chi connectivity index (χ4n) is 3.61. The minimum Gasteiger partial charge on any atom is -0.491 e. The second kappa shape index (κ2) is 9.62. The Morgan fingerprint density at radius 3 is 2.33 bits per heavy atom. The smallest absolute Gasteiger partial charge is 0.230 e. The maximum atomic E-state index is 12.7. The lowest BCUT2D eigenvalue weighted by Gasteiger charge is -2.31. The summed E-state index contributed by atoms with van der Waals surface area (Å²) < 4.78 is 5.67. The molecule has 0 spiro atoms. The van der Waals surface area contributed by atoms with Gasteiger partial charge in [0.25, 0.3) is 0 Å². The summed E-state index contributed by atoms with van der Waals surface area (Å²) in [5.74, 6) is 1.81. The Balaban J connectivity index is 1.89.